The van der Waals surface area contributed by atoms with Gasteiger partial charge in [0.15, 0.2) is 0 Å². The summed E-state index contributed by atoms with van der Waals surface area (Å²) in [6.07, 6.45) is 5.63. The Bertz CT molecular complexity index is 535. The second-order valence-corrected chi connectivity index (χ2v) is 6.07. The molecular formula is C19H27NO4. The highest BCUT2D eigenvalue weighted by Gasteiger charge is 2.30. The lowest BCUT2D eigenvalue weighted by Crippen LogP contribution is -2.39. The van der Waals surface area contributed by atoms with E-state index >= 15 is 0 Å². The summed E-state index contributed by atoms with van der Waals surface area (Å²) in [4.78, 5) is 24.1. The summed E-state index contributed by atoms with van der Waals surface area (Å²) in [5.41, 5.74) is 1.32. The minimum Gasteiger partial charge on any atom is -0.464 e. The molecular weight excluding hydrogens is 306 g/mol. The first kappa shape index (κ1) is 18.3. The van der Waals surface area contributed by atoms with Crippen LogP contribution in [0.25, 0.3) is 0 Å². The third-order valence-corrected chi connectivity index (χ3v) is 4.38. The van der Waals surface area contributed by atoms with Crippen LogP contribution in [-0.2, 0) is 14.3 Å². The van der Waals surface area contributed by atoms with E-state index in [1.807, 2.05) is 6.92 Å². The van der Waals surface area contributed by atoms with Gasteiger partial charge < -0.3 is 14.8 Å². The van der Waals surface area contributed by atoms with Crippen molar-refractivity contribution in [2.75, 3.05) is 18.5 Å². The number of nitrogens with one attached hydrogen (secondary N) is 1. The molecule has 0 aromatic heterocycles. The fourth-order valence-corrected chi connectivity index (χ4v) is 3.17. The van der Waals surface area contributed by atoms with E-state index in [0.29, 0.717) is 24.7 Å². The van der Waals surface area contributed by atoms with Crippen molar-refractivity contribution in [1.82, 2.24) is 0 Å². The van der Waals surface area contributed by atoms with Crippen LogP contribution in [0.4, 0.5) is 5.69 Å². The van der Waals surface area contributed by atoms with Crippen molar-refractivity contribution >= 4 is 17.6 Å². The molecule has 1 saturated carbocycles. The van der Waals surface area contributed by atoms with Crippen LogP contribution in [0.1, 0.15) is 56.3 Å². The zero-order valence-electron chi connectivity index (χ0n) is 14.5. The highest BCUT2D eigenvalue weighted by Crippen LogP contribution is 2.29. The van der Waals surface area contributed by atoms with E-state index in [1.54, 1.807) is 31.2 Å². The van der Waals surface area contributed by atoms with Gasteiger partial charge in [0.1, 0.15) is 6.04 Å². The van der Waals surface area contributed by atoms with E-state index in [1.165, 1.54) is 6.42 Å². The number of carbonyl (C=O) groups is 2. The van der Waals surface area contributed by atoms with Gasteiger partial charge in [0.2, 0.25) is 0 Å². The minimum absolute atomic E-state index is 0.195. The molecule has 0 bridgehead atoms. The number of ether oxygens (including phenoxy) is 2. The van der Waals surface area contributed by atoms with Gasteiger partial charge in [-0.2, -0.15) is 0 Å². The molecule has 0 heterocycles. The summed E-state index contributed by atoms with van der Waals surface area (Å²) < 4.78 is 10.2. The van der Waals surface area contributed by atoms with Crippen molar-refractivity contribution in [3.05, 3.63) is 29.8 Å². The summed E-state index contributed by atoms with van der Waals surface area (Å²) in [7, 11) is 0. The SMILES string of the molecule is CCOC(=O)c1ccc(NC(C(=O)OCC)C2CCCCC2)cc1. The first-order valence-corrected chi connectivity index (χ1v) is 8.86. The van der Waals surface area contributed by atoms with Crippen LogP contribution >= 0.6 is 0 Å². The molecule has 1 N–H and O–H groups in total. The monoisotopic (exact) mass is 333 g/mol. The maximum absolute atomic E-state index is 12.3. The molecule has 1 aliphatic rings. The topological polar surface area (TPSA) is 64.6 Å². The van der Waals surface area contributed by atoms with E-state index in [-0.39, 0.29) is 18.0 Å². The molecule has 1 aromatic rings. The van der Waals surface area contributed by atoms with Crippen molar-refractivity contribution < 1.29 is 19.1 Å². The van der Waals surface area contributed by atoms with E-state index < -0.39 is 0 Å². The van der Waals surface area contributed by atoms with Crippen molar-refractivity contribution in [1.29, 1.82) is 0 Å². The van der Waals surface area contributed by atoms with E-state index in [2.05, 4.69) is 5.32 Å². The highest BCUT2D eigenvalue weighted by molar-refractivity contribution is 5.90. The van der Waals surface area contributed by atoms with Gasteiger partial charge in [0.25, 0.3) is 0 Å². The van der Waals surface area contributed by atoms with Crippen LogP contribution < -0.4 is 5.32 Å². The number of anilines is 1. The normalized spacial score (nSPS) is 16.2. The molecule has 0 amide bonds. The summed E-state index contributed by atoms with van der Waals surface area (Å²) in [5.74, 6) is -0.236. The molecule has 1 fully saturated rings. The molecule has 5 nitrogen and oxygen atoms in total. The minimum atomic E-state index is -0.335. The fraction of sp³-hybridized carbons (Fsp3) is 0.579. The molecule has 1 atom stereocenters. The summed E-state index contributed by atoms with van der Waals surface area (Å²) in [6.45, 7) is 4.34. The molecule has 0 saturated heterocycles. The molecule has 0 aliphatic heterocycles. The molecule has 0 spiro atoms. The molecule has 24 heavy (non-hydrogen) atoms. The third-order valence-electron chi connectivity index (χ3n) is 4.38. The summed E-state index contributed by atoms with van der Waals surface area (Å²) in [6, 6.07) is 6.70. The molecule has 2 rings (SSSR count). The van der Waals surface area contributed by atoms with Crippen LogP contribution in [0.15, 0.2) is 24.3 Å². The number of esters is 2. The Hall–Kier alpha value is -2.04. The summed E-state index contributed by atoms with van der Waals surface area (Å²) in [5, 5.41) is 3.30. The maximum atomic E-state index is 12.3. The Balaban J connectivity index is 2.07. The Kier molecular flexibility index (Phi) is 7.09. The van der Waals surface area contributed by atoms with Crippen LogP contribution in [0.3, 0.4) is 0 Å². The van der Waals surface area contributed by atoms with Gasteiger partial charge in [-0.3, -0.25) is 0 Å². The second-order valence-electron chi connectivity index (χ2n) is 6.07. The highest BCUT2D eigenvalue weighted by atomic mass is 16.5. The lowest BCUT2D eigenvalue weighted by Gasteiger charge is -2.30. The predicted octanol–water partition coefficient (Wildman–Crippen LogP) is 3.79. The average molecular weight is 333 g/mol. The molecule has 132 valence electrons. The number of hydrogen-bond acceptors (Lipinski definition) is 5. The summed E-state index contributed by atoms with van der Waals surface area (Å²) >= 11 is 0. The Morgan fingerprint density at radius 3 is 2.25 bits per heavy atom. The second kappa shape index (κ2) is 9.30. The van der Waals surface area contributed by atoms with Crippen molar-refractivity contribution in [3.63, 3.8) is 0 Å². The smallest absolute Gasteiger partial charge is 0.338 e. The van der Waals surface area contributed by atoms with Gasteiger partial charge in [-0.1, -0.05) is 19.3 Å². The Labute approximate surface area is 143 Å². The lowest BCUT2D eigenvalue weighted by molar-refractivity contribution is -0.145. The van der Waals surface area contributed by atoms with Crippen LogP contribution in [0.2, 0.25) is 0 Å². The number of benzene rings is 1. The zero-order valence-corrected chi connectivity index (χ0v) is 14.5. The van der Waals surface area contributed by atoms with E-state index in [0.717, 1.165) is 31.4 Å². The van der Waals surface area contributed by atoms with Crippen LogP contribution in [-0.4, -0.2) is 31.2 Å². The molecule has 1 unspecified atom stereocenters. The predicted molar refractivity (Wildman–Crippen MR) is 93.0 cm³/mol. The first-order valence-electron chi connectivity index (χ1n) is 8.86. The number of carbonyl (C=O) groups excluding carboxylic acids is 2. The number of rotatable bonds is 7. The molecule has 0 radical (unpaired) electrons. The molecule has 1 aromatic carbocycles. The Morgan fingerprint density at radius 2 is 1.67 bits per heavy atom. The van der Waals surface area contributed by atoms with Gasteiger partial charge in [0.05, 0.1) is 18.8 Å². The Morgan fingerprint density at radius 1 is 1.04 bits per heavy atom. The molecule has 1 aliphatic carbocycles. The van der Waals surface area contributed by atoms with Gasteiger partial charge in [-0.15, -0.1) is 0 Å². The van der Waals surface area contributed by atoms with Gasteiger partial charge in [-0.25, -0.2) is 9.59 Å². The van der Waals surface area contributed by atoms with Crippen molar-refractivity contribution in [2.45, 2.75) is 52.0 Å². The first-order chi connectivity index (χ1) is 11.7. The average Bonchev–Trinajstić information content (AvgIpc) is 2.61. The maximum Gasteiger partial charge on any atom is 0.338 e. The van der Waals surface area contributed by atoms with Gasteiger partial charge in [0, 0.05) is 5.69 Å². The quantitative estimate of drug-likeness (QED) is 0.769. The van der Waals surface area contributed by atoms with Crippen molar-refractivity contribution in [2.24, 2.45) is 5.92 Å². The van der Waals surface area contributed by atoms with Crippen molar-refractivity contribution in [3.8, 4) is 0 Å². The standard InChI is InChI=1S/C19H27NO4/c1-3-23-18(21)15-10-12-16(13-11-15)20-17(19(22)24-4-2)14-8-6-5-7-9-14/h10-14,17,20H,3-9H2,1-2H3. The number of hydrogen-bond donors (Lipinski definition) is 1. The van der Waals surface area contributed by atoms with Crippen LogP contribution in [0, 0.1) is 5.92 Å². The lowest BCUT2D eigenvalue weighted by atomic mass is 9.83. The van der Waals surface area contributed by atoms with Gasteiger partial charge >= 0.3 is 11.9 Å². The fourth-order valence-electron chi connectivity index (χ4n) is 3.17. The van der Waals surface area contributed by atoms with Gasteiger partial charge in [-0.05, 0) is 56.9 Å². The van der Waals surface area contributed by atoms with Crippen LogP contribution in [0.5, 0.6) is 0 Å². The third kappa shape index (κ3) is 4.98. The zero-order chi connectivity index (χ0) is 17.4. The molecule has 5 heteroatoms. The van der Waals surface area contributed by atoms with E-state index in [9.17, 15) is 9.59 Å². The van der Waals surface area contributed by atoms with E-state index in [4.69, 9.17) is 9.47 Å². The largest absolute Gasteiger partial charge is 0.464 e.